The molecule has 1 heterocycles. The Balaban J connectivity index is 2.05. The lowest BCUT2D eigenvalue weighted by Crippen LogP contribution is -2.55. The van der Waals surface area contributed by atoms with Gasteiger partial charge in [-0.15, -0.1) is 13.2 Å². The number of hydrogen-bond acceptors (Lipinski definition) is 3. The van der Waals surface area contributed by atoms with E-state index in [4.69, 9.17) is 0 Å². The zero-order chi connectivity index (χ0) is 21.5. The molecule has 0 aliphatic rings. The van der Waals surface area contributed by atoms with E-state index in [2.05, 4.69) is 13.2 Å². The largest absolute Gasteiger partial charge is 0.336 e. The minimum atomic E-state index is -0.646. The lowest BCUT2D eigenvalue weighted by Gasteiger charge is -2.18. The molecule has 7 heteroatoms. The Labute approximate surface area is 176 Å². The smallest absolute Gasteiger partial charge is 0.248 e. The van der Waals surface area contributed by atoms with Gasteiger partial charge in [0, 0.05) is 11.7 Å². The highest BCUT2D eigenvalue weighted by Gasteiger charge is 2.19. The van der Waals surface area contributed by atoms with E-state index in [1.165, 1.54) is 12.2 Å². The summed E-state index contributed by atoms with van der Waals surface area (Å²) in [7, 11) is 0.225. The average Bonchev–Trinajstić information content (AvgIpc) is 2.78. The van der Waals surface area contributed by atoms with Gasteiger partial charge in [0.05, 0.1) is 22.6 Å². The summed E-state index contributed by atoms with van der Waals surface area (Å²) in [6, 6.07) is 20.0. The lowest BCUT2D eigenvalue weighted by atomic mass is 10.0. The third-order valence-corrected chi connectivity index (χ3v) is 6.30. The lowest BCUT2D eigenvalue weighted by molar-refractivity contribution is 0.509. The molecule has 0 aliphatic carbocycles. The first-order valence-corrected chi connectivity index (χ1v) is 10.9. The van der Waals surface area contributed by atoms with Crippen LogP contribution in [0.2, 0.25) is 0 Å². The molecule has 0 atom stereocenters. The van der Waals surface area contributed by atoms with E-state index in [1.807, 2.05) is 60.7 Å². The molecule has 3 rings (SSSR count). The van der Waals surface area contributed by atoms with Crippen molar-refractivity contribution < 1.29 is 0 Å². The predicted octanol–water partition coefficient (Wildman–Crippen LogP) is 1.99. The number of benzene rings is 2. The molecule has 0 fully saturated rings. The molecule has 3 aromatic rings. The maximum absolute atomic E-state index is 12.9. The highest BCUT2D eigenvalue weighted by molar-refractivity contribution is 6.37. The van der Waals surface area contributed by atoms with E-state index in [-0.39, 0.29) is 34.3 Å². The summed E-state index contributed by atoms with van der Waals surface area (Å²) in [4.78, 5) is 38.3. The summed E-state index contributed by atoms with van der Waals surface area (Å²) in [5, 5.41) is 0. The minimum Gasteiger partial charge on any atom is -0.248 e. The minimum absolute atomic E-state index is 0.0336. The number of allylic oxidation sites excluding steroid dienone is 2. The highest BCUT2D eigenvalue weighted by Crippen LogP contribution is 2.23. The zero-order valence-electron chi connectivity index (χ0n) is 16.6. The van der Waals surface area contributed by atoms with Crippen LogP contribution in [0.1, 0.15) is 16.7 Å². The van der Waals surface area contributed by atoms with Crippen molar-refractivity contribution in [3.8, 4) is 0 Å². The van der Waals surface area contributed by atoms with Gasteiger partial charge < -0.3 is 0 Å². The molecule has 152 valence electrons. The normalized spacial score (nSPS) is 10.8. The molecule has 0 spiro atoms. The molecule has 0 aliphatic heterocycles. The van der Waals surface area contributed by atoms with Gasteiger partial charge >= 0.3 is 17.1 Å². The molecule has 2 aromatic carbocycles. The zero-order valence-corrected chi connectivity index (χ0v) is 17.6. The average molecular weight is 418 g/mol. The molecule has 1 aromatic heterocycles. The number of nitrogens with zero attached hydrogens (tertiary/aromatic N) is 3. The van der Waals surface area contributed by atoms with Gasteiger partial charge in [0.15, 0.2) is 0 Å². The first kappa shape index (κ1) is 21.3. The third kappa shape index (κ3) is 4.41. The van der Waals surface area contributed by atoms with Crippen LogP contribution >= 0.6 is 0 Å². The second-order valence-electron chi connectivity index (χ2n) is 6.69. The summed E-state index contributed by atoms with van der Waals surface area (Å²) in [6.07, 6.45) is 3.14. The van der Waals surface area contributed by atoms with Crippen LogP contribution < -0.4 is 17.1 Å². The van der Waals surface area contributed by atoms with Crippen molar-refractivity contribution in [3.05, 3.63) is 129 Å². The molecule has 0 N–H and O–H groups in total. The molecule has 0 saturated carbocycles. The Bertz CT molecular complexity index is 1110. The van der Waals surface area contributed by atoms with Gasteiger partial charge in [0.1, 0.15) is 0 Å². The van der Waals surface area contributed by atoms with E-state index < -0.39 is 17.1 Å². The van der Waals surface area contributed by atoms with Crippen molar-refractivity contribution in [1.82, 2.24) is 13.7 Å². The van der Waals surface area contributed by atoms with Crippen LogP contribution in [0.3, 0.4) is 0 Å². The standard InChI is InChI=1S/C23H23N3O3Si/c1-3-15-24-21(27)25(16-4-2)23(29)26(22(24)28)17-30-20(18-11-7-5-8-12-18)19-13-9-6-10-14-19/h3-14,20H,1-2,15-17H2. The predicted molar refractivity (Wildman–Crippen MR) is 120 cm³/mol. The number of aromatic nitrogens is 3. The van der Waals surface area contributed by atoms with Crippen LogP contribution in [0.4, 0.5) is 0 Å². The van der Waals surface area contributed by atoms with Crippen molar-refractivity contribution in [1.29, 1.82) is 0 Å². The van der Waals surface area contributed by atoms with Gasteiger partial charge in [-0.3, -0.25) is 0 Å². The summed E-state index contributed by atoms with van der Waals surface area (Å²) >= 11 is 0. The Kier molecular flexibility index (Phi) is 6.98. The van der Waals surface area contributed by atoms with Gasteiger partial charge in [-0.05, 0) is 11.1 Å². The highest BCUT2D eigenvalue weighted by atomic mass is 28.2. The van der Waals surface area contributed by atoms with Crippen LogP contribution in [-0.2, 0) is 19.3 Å². The number of hydrogen-bond donors (Lipinski definition) is 0. The maximum atomic E-state index is 12.9. The Morgan fingerprint density at radius 2 is 1.10 bits per heavy atom. The maximum Gasteiger partial charge on any atom is 0.336 e. The summed E-state index contributed by atoms with van der Waals surface area (Å²) in [5.74, 6) is 0. The van der Waals surface area contributed by atoms with E-state index in [0.717, 1.165) is 24.8 Å². The van der Waals surface area contributed by atoms with Gasteiger partial charge in [0.2, 0.25) is 0 Å². The fourth-order valence-corrected chi connectivity index (χ4v) is 4.78. The Morgan fingerprint density at radius 3 is 1.50 bits per heavy atom. The van der Waals surface area contributed by atoms with E-state index >= 15 is 0 Å². The van der Waals surface area contributed by atoms with Crippen molar-refractivity contribution >= 4 is 9.52 Å². The first-order chi connectivity index (χ1) is 14.6. The molecule has 0 saturated heterocycles. The third-order valence-electron chi connectivity index (χ3n) is 4.73. The fourth-order valence-electron chi connectivity index (χ4n) is 3.29. The van der Waals surface area contributed by atoms with E-state index in [1.54, 1.807) is 0 Å². The molecule has 6 nitrogen and oxygen atoms in total. The Hall–Kier alpha value is -3.45. The van der Waals surface area contributed by atoms with Gasteiger partial charge in [-0.2, -0.15) is 0 Å². The summed E-state index contributed by atoms with van der Waals surface area (Å²) in [6.45, 7) is 7.29. The fraction of sp³-hybridized carbons (Fsp3) is 0.174. The molecule has 30 heavy (non-hydrogen) atoms. The Morgan fingerprint density at radius 1 is 0.700 bits per heavy atom. The SMILES string of the molecule is C=CCn1c(=O)n(CC=C)c(=O)n(C[Si]C(c2ccccc2)c2ccccc2)c1=O. The van der Waals surface area contributed by atoms with Crippen LogP contribution in [0, 0.1) is 0 Å². The van der Waals surface area contributed by atoms with Crippen molar-refractivity contribution in [2.45, 2.75) is 24.8 Å². The first-order valence-electron chi connectivity index (χ1n) is 9.58. The van der Waals surface area contributed by atoms with E-state index in [9.17, 15) is 14.4 Å². The molecule has 0 amide bonds. The van der Waals surface area contributed by atoms with Crippen LogP contribution in [0.15, 0.2) is 100 Å². The molecular weight excluding hydrogens is 394 g/mol. The molecule has 2 radical (unpaired) electrons. The van der Waals surface area contributed by atoms with Crippen molar-refractivity contribution in [2.24, 2.45) is 0 Å². The summed E-state index contributed by atoms with van der Waals surface area (Å²) < 4.78 is 3.20. The van der Waals surface area contributed by atoms with Crippen LogP contribution in [-0.4, -0.2) is 23.2 Å². The monoisotopic (exact) mass is 417 g/mol. The molecular formula is C23H23N3O3Si. The number of rotatable bonds is 9. The van der Waals surface area contributed by atoms with E-state index in [0.29, 0.717) is 0 Å². The van der Waals surface area contributed by atoms with Crippen molar-refractivity contribution in [2.75, 3.05) is 0 Å². The van der Waals surface area contributed by atoms with Crippen molar-refractivity contribution in [3.63, 3.8) is 0 Å². The second-order valence-corrected chi connectivity index (χ2v) is 7.99. The van der Waals surface area contributed by atoms with Crippen LogP contribution in [0.5, 0.6) is 0 Å². The summed E-state index contributed by atoms with van der Waals surface area (Å²) in [5.41, 5.74) is 0.385. The van der Waals surface area contributed by atoms with Gasteiger partial charge in [0.25, 0.3) is 0 Å². The molecule has 0 unspecified atom stereocenters. The second kappa shape index (κ2) is 9.84. The molecule has 0 bridgehead atoms. The van der Waals surface area contributed by atoms with Gasteiger partial charge in [-0.1, -0.05) is 72.8 Å². The van der Waals surface area contributed by atoms with Gasteiger partial charge in [-0.25, -0.2) is 28.1 Å². The topological polar surface area (TPSA) is 66.0 Å². The quantitative estimate of drug-likeness (QED) is 0.395. The van der Waals surface area contributed by atoms with Crippen LogP contribution in [0.25, 0.3) is 0 Å².